The van der Waals surface area contributed by atoms with E-state index in [-0.39, 0.29) is 23.3 Å². The van der Waals surface area contributed by atoms with Crippen molar-refractivity contribution in [3.63, 3.8) is 0 Å². The first-order valence-corrected chi connectivity index (χ1v) is 10.4. The molecule has 0 aliphatic rings. The van der Waals surface area contributed by atoms with Crippen LogP contribution in [-0.4, -0.2) is 32.0 Å². The molecule has 0 bridgehead atoms. The van der Waals surface area contributed by atoms with Crippen molar-refractivity contribution in [2.45, 2.75) is 39.5 Å². The molecule has 1 N–H and O–H groups in total. The number of halogens is 1. The number of esters is 1. The number of benzene rings is 1. The second kappa shape index (κ2) is 9.28. The van der Waals surface area contributed by atoms with E-state index in [1.807, 2.05) is 6.07 Å². The Morgan fingerprint density at radius 1 is 1.25 bits per heavy atom. The Morgan fingerprint density at radius 3 is 2.56 bits per heavy atom. The largest absolute Gasteiger partial charge is 0.459 e. The van der Waals surface area contributed by atoms with E-state index < -0.39 is 29.6 Å². The molecule has 0 spiro atoms. The van der Waals surface area contributed by atoms with E-state index in [9.17, 15) is 14.4 Å². The van der Waals surface area contributed by atoms with Crippen molar-refractivity contribution in [1.29, 1.82) is 5.26 Å². The van der Waals surface area contributed by atoms with Crippen molar-refractivity contribution in [1.82, 2.24) is 19.9 Å². The number of nitriles is 1. The Hall–Kier alpha value is -3.58. The molecule has 3 aromatic rings. The van der Waals surface area contributed by atoms with Crippen LogP contribution in [-0.2, 0) is 22.6 Å². The molecule has 2 heterocycles. The number of nitrogens with one attached hydrogen (secondary N) is 1. The summed E-state index contributed by atoms with van der Waals surface area (Å²) in [4.78, 5) is 46.7. The fourth-order valence-corrected chi connectivity index (χ4v) is 3.20. The summed E-state index contributed by atoms with van der Waals surface area (Å²) < 4.78 is 6.81. The van der Waals surface area contributed by atoms with Crippen LogP contribution in [0.1, 0.15) is 42.3 Å². The van der Waals surface area contributed by atoms with Gasteiger partial charge in [-0.15, -0.1) is 0 Å². The third kappa shape index (κ3) is 5.56. The standard InChI is InChI=1S/C22H20BrN5O4/c1-22(2,3)32-18(29)12-28-19-16(27-17(23)11-25-19)8-15(21(28)31)20(30)26-10-14-6-4-13(9-24)5-7-14/h4-8,11H,10,12H2,1-3H3,(H,26,30). The number of aromatic nitrogens is 3. The predicted octanol–water partition coefficient (Wildman–Crippen LogP) is 2.70. The molecule has 0 radical (unpaired) electrons. The Kier molecular flexibility index (Phi) is 6.69. The summed E-state index contributed by atoms with van der Waals surface area (Å²) in [5, 5.41) is 11.6. The van der Waals surface area contributed by atoms with Gasteiger partial charge >= 0.3 is 5.97 Å². The van der Waals surface area contributed by atoms with Gasteiger partial charge in [0, 0.05) is 6.54 Å². The van der Waals surface area contributed by atoms with E-state index in [0.717, 1.165) is 10.1 Å². The van der Waals surface area contributed by atoms with Crippen molar-refractivity contribution in [3.8, 4) is 6.07 Å². The molecule has 10 heteroatoms. The molecule has 0 aliphatic heterocycles. The Balaban J connectivity index is 1.94. The molecule has 0 atom stereocenters. The van der Waals surface area contributed by atoms with E-state index in [1.54, 1.807) is 45.0 Å². The number of fused-ring (bicyclic) bond motifs is 1. The van der Waals surface area contributed by atoms with Crippen molar-refractivity contribution in [2.75, 3.05) is 0 Å². The molecule has 1 aromatic carbocycles. The van der Waals surface area contributed by atoms with Gasteiger partial charge in [-0.1, -0.05) is 12.1 Å². The van der Waals surface area contributed by atoms with Gasteiger partial charge in [-0.2, -0.15) is 5.26 Å². The van der Waals surface area contributed by atoms with Crippen LogP contribution in [0.15, 0.2) is 45.9 Å². The maximum absolute atomic E-state index is 13.1. The lowest BCUT2D eigenvalue weighted by Crippen LogP contribution is -2.36. The number of nitrogens with zero attached hydrogens (tertiary/aromatic N) is 4. The third-order valence-corrected chi connectivity index (χ3v) is 4.63. The number of carbonyl (C=O) groups excluding carboxylic acids is 2. The Morgan fingerprint density at radius 2 is 1.94 bits per heavy atom. The zero-order valence-electron chi connectivity index (χ0n) is 17.7. The normalized spacial score (nSPS) is 11.1. The van der Waals surface area contributed by atoms with Crippen LogP contribution < -0.4 is 10.9 Å². The summed E-state index contributed by atoms with van der Waals surface area (Å²) in [6.07, 6.45) is 1.40. The number of amides is 1. The van der Waals surface area contributed by atoms with E-state index in [4.69, 9.17) is 10.00 Å². The second-order valence-electron chi connectivity index (χ2n) is 7.93. The maximum Gasteiger partial charge on any atom is 0.326 e. The monoisotopic (exact) mass is 497 g/mol. The quantitative estimate of drug-likeness (QED) is 0.536. The molecule has 1 amide bonds. The number of rotatable bonds is 5. The lowest BCUT2D eigenvalue weighted by atomic mass is 10.1. The summed E-state index contributed by atoms with van der Waals surface area (Å²) in [7, 11) is 0. The summed E-state index contributed by atoms with van der Waals surface area (Å²) in [5.74, 6) is -1.26. The van der Waals surface area contributed by atoms with Crippen LogP contribution in [0.2, 0.25) is 0 Å². The van der Waals surface area contributed by atoms with Crippen molar-refractivity contribution >= 4 is 39.0 Å². The van der Waals surface area contributed by atoms with Gasteiger partial charge < -0.3 is 10.1 Å². The summed E-state index contributed by atoms with van der Waals surface area (Å²) in [5.41, 5.74) is 0.0955. The third-order valence-electron chi connectivity index (χ3n) is 4.25. The number of carbonyl (C=O) groups is 2. The minimum atomic E-state index is -0.735. The first kappa shape index (κ1) is 23.1. The second-order valence-corrected chi connectivity index (χ2v) is 8.74. The SMILES string of the molecule is CC(C)(C)OC(=O)Cn1c(=O)c(C(=O)NCc2ccc(C#N)cc2)cc2nc(Br)cnc21. The summed E-state index contributed by atoms with van der Waals surface area (Å²) >= 11 is 3.22. The smallest absolute Gasteiger partial charge is 0.326 e. The van der Waals surface area contributed by atoms with E-state index in [2.05, 4.69) is 31.2 Å². The van der Waals surface area contributed by atoms with E-state index in [0.29, 0.717) is 10.2 Å². The molecule has 3 rings (SSSR count). The highest BCUT2D eigenvalue weighted by Gasteiger charge is 2.22. The zero-order valence-corrected chi connectivity index (χ0v) is 19.3. The van der Waals surface area contributed by atoms with Gasteiger partial charge in [0.25, 0.3) is 11.5 Å². The predicted molar refractivity (Wildman–Crippen MR) is 120 cm³/mol. The topological polar surface area (TPSA) is 127 Å². The average molecular weight is 498 g/mol. The Bertz CT molecular complexity index is 1290. The highest BCUT2D eigenvalue weighted by Crippen LogP contribution is 2.15. The van der Waals surface area contributed by atoms with Crippen LogP contribution in [0.5, 0.6) is 0 Å². The van der Waals surface area contributed by atoms with Crippen molar-refractivity contribution < 1.29 is 14.3 Å². The molecule has 0 aliphatic carbocycles. The van der Waals surface area contributed by atoms with Gasteiger partial charge in [0.15, 0.2) is 5.65 Å². The van der Waals surface area contributed by atoms with Gasteiger partial charge in [0.1, 0.15) is 27.8 Å². The lowest BCUT2D eigenvalue weighted by Gasteiger charge is -2.20. The van der Waals surface area contributed by atoms with Gasteiger partial charge in [-0.3, -0.25) is 19.0 Å². The molecule has 0 unspecified atom stereocenters. The average Bonchev–Trinajstić information content (AvgIpc) is 2.72. The van der Waals surface area contributed by atoms with E-state index in [1.165, 1.54) is 12.3 Å². The van der Waals surface area contributed by atoms with Crippen LogP contribution in [0.4, 0.5) is 0 Å². The molecular weight excluding hydrogens is 478 g/mol. The zero-order chi connectivity index (χ0) is 23.5. The molecule has 32 heavy (non-hydrogen) atoms. The lowest BCUT2D eigenvalue weighted by molar-refractivity contribution is -0.155. The van der Waals surface area contributed by atoms with Crippen molar-refractivity contribution in [2.24, 2.45) is 0 Å². The van der Waals surface area contributed by atoms with Crippen LogP contribution in [0.25, 0.3) is 11.2 Å². The van der Waals surface area contributed by atoms with Crippen LogP contribution in [0, 0.1) is 11.3 Å². The van der Waals surface area contributed by atoms with Gasteiger partial charge in [0.05, 0.1) is 17.8 Å². The molecule has 0 saturated carbocycles. The van der Waals surface area contributed by atoms with Crippen molar-refractivity contribution in [3.05, 3.63) is 68.2 Å². The molecular formula is C22H20BrN5O4. The molecule has 0 saturated heterocycles. The van der Waals surface area contributed by atoms with Gasteiger partial charge in [-0.05, 0) is 60.5 Å². The number of pyridine rings is 1. The van der Waals surface area contributed by atoms with Gasteiger partial charge in [-0.25, -0.2) is 9.97 Å². The Labute approximate surface area is 192 Å². The minimum Gasteiger partial charge on any atom is -0.459 e. The molecule has 164 valence electrons. The fraction of sp³-hybridized carbons (Fsp3) is 0.273. The number of ether oxygens (including phenoxy) is 1. The highest BCUT2D eigenvalue weighted by molar-refractivity contribution is 9.10. The van der Waals surface area contributed by atoms with Crippen LogP contribution in [0.3, 0.4) is 0 Å². The number of hydrogen-bond acceptors (Lipinski definition) is 7. The fourth-order valence-electron chi connectivity index (χ4n) is 2.91. The highest BCUT2D eigenvalue weighted by atomic mass is 79.9. The first-order valence-electron chi connectivity index (χ1n) is 9.62. The minimum absolute atomic E-state index is 0.151. The summed E-state index contributed by atoms with van der Waals surface area (Å²) in [6, 6.07) is 10.1. The van der Waals surface area contributed by atoms with Crippen LogP contribution >= 0.6 is 15.9 Å². The maximum atomic E-state index is 13.1. The molecule has 2 aromatic heterocycles. The first-order chi connectivity index (χ1) is 15.1. The van der Waals surface area contributed by atoms with E-state index >= 15 is 0 Å². The number of hydrogen-bond donors (Lipinski definition) is 1. The summed E-state index contributed by atoms with van der Waals surface area (Å²) in [6.45, 7) is 4.89. The van der Waals surface area contributed by atoms with Gasteiger partial charge in [0.2, 0.25) is 0 Å². The molecule has 0 fully saturated rings. The molecule has 9 nitrogen and oxygen atoms in total.